The van der Waals surface area contributed by atoms with Crippen LogP contribution in [-0.4, -0.2) is 0 Å². The molecular formula is C18H20I2S. The Hall–Kier alpha value is 0.250. The van der Waals surface area contributed by atoms with Gasteiger partial charge in [0.1, 0.15) is 0 Å². The van der Waals surface area contributed by atoms with Crippen LogP contribution >= 0.6 is 56.9 Å². The number of hydrogen-bond donors (Lipinski definition) is 0. The molecule has 0 aliphatic rings. The number of halogens is 2. The highest BCUT2D eigenvalue weighted by molar-refractivity contribution is 14.1. The largest absolute Gasteiger partial charge is 0.152 e. The lowest BCUT2D eigenvalue weighted by Crippen LogP contribution is -1.95. The van der Waals surface area contributed by atoms with Crippen molar-refractivity contribution in [2.75, 3.05) is 0 Å². The minimum absolute atomic E-state index is 0.570. The Labute approximate surface area is 159 Å². The lowest BCUT2D eigenvalue weighted by atomic mass is 10.1. The summed E-state index contributed by atoms with van der Waals surface area (Å²) in [5.41, 5.74) is 5.90. The second-order valence-electron chi connectivity index (χ2n) is 5.12. The molecule has 3 heteroatoms. The molecule has 0 fully saturated rings. The Morgan fingerprint density at radius 2 is 1.14 bits per heavy atom. The van der Waals surface area contributed by atoms with Gasteiger partial charge in [0.2, 0.25) is 0 Å². The van der Waals surface area contributed by atoms with Gasteiger partial charge in [-0.1, -0.05) is 93.7 Å². The van der Waals surface area contributed by atoms with Crippen LogP contribution in [0.15, 0.2) is 48.5 Å². The van der Waals surface area contributed by atoms with Gasteiger partial charge in [0, 0.05) is 19.4 Å². The molecule has 0 radical (unpaired) electrons. The maximum atomic E-state index is 2.50. The molecule has 0 aromatic heterocycles. The third-order valence-corrected chi connectivity index (χ3v) is 5.85. The Morgan fingerprint density at radius 1 is 0.762 bits per heavy atom. The summed E-state index contributed by atoms with van der Waals surface area (Å²) in [4.78, 5) is 0. The summed E-state index contributed by atoms with van der Waals surface area (Å²) in [6, 6.07) is 17.6. The summed E-state index contributed by atoms with van der Waals surface area (Å²) in [5, 5.41) is 0. The van der Waals surface area contributed by atoms with Crippen molar-refractivity contribution in [1.82, 2.24) is 0 Å². The molecule has 0 N–H and O–H groups in total. The van der Waals surface area contributed by atoms with Gasteiger partial charge in [0.25, 0.3) is 0 Å². The predicted molar refractivity (Wildman–Crippen MR) is 113 cm³/mol. The Bertz CT molecular complexity index is 527. The van der Waals surface area contributed by atoms with Gasteiger partial charge in [-0.2, -0.15) is 11.8 Å². The number of rotatable bonds is 6. The molecule has 0 saturated heterocycles. The first-order valence-corrected chi connectivity index (χ1v) is 10.8. The highest BCUT2D eigenvalue weighted by Crippen LogP contribution is 2.31. The van der Waals surface area contributed by atoms with E-state index in [2.05, 4.69) is 108 Å². The Kier molecular flexibility index (Phi) is 7.35. The van der Waals surface area contributed by atoms with E-state index < -0.39 is 0 Å². The van der Waals surface area contributed by atoms with Crippen LogP contribution in [0.2, 0.25) is 0 Å². The lowest BCUT2D eigenvalue weighted by molar-refractivity contribution is 1.10. The fourth-order valence-electron chi connectivity index (χ4n) is 2.38. The Morgan fingerprint density at radius 3 is 1.52 bits per heavy atom. The second-order valence-corrected chi connectivity index (χ2v) is 9.84. The summed E-state index contributed by atoms with van der Waals surface area (Å²) in [6.07, 6.45) is 0. The van der Waals surface area contributed by atoms with Crippen LogP contribution in [0, 0.1) is 0 Å². The molecule has 2 aromatic carbocycles. The average molecular weight is 522 g/mol. The first kappa shape index (κ1) is 17.6. The molecule has 0 spiro atoms. The molecule has 0 nitrogen and oxygen atoms in total. The van der Waals surface area contributed by atoms with E-state index in [-0.39, 0.29) is 0 Å². The second kappa shape index (κ2) is 8.77. The first-order chi connectivity index (χ1) is 10.1. The molecule has 0 aliphatic carbocycles. The number of thioether (sulfide) groups is 1. The van der Waals surface area contributed by atoms with Crippen LogP contribution in [0.1, 0.15) is 44.0 Å². The molecule has 0 bridgehead atoms. The molecule has 21 heavy (non-hydrogen) atoms. The maximum Gasteiger partial charge on any atom is 0.0334 e. The maximum absolute atomic E-state index is 2.50. The molecule has 0 saturated carbocycles. The minimum atomic E-state index is 0.570. The van der Waals surface area contributed by atoms with Crippen LogP contribution in [0.4, 0.5) is 0 Å². The molecule has 2 atom stereocenters. The predicted octanol–water partition coefficient (Wildman–Crippen LogP) is 7.11. The van der Waals surface area contributed by atoms with E-state index in [1.807, 2.05) is 11.8 Å². The third kappa shape index (κ3) is 5.13. The summed E-state index contributed by atoms with van der Waals surface area (Å²) in [5.74, 6) is 2.18. The molecule has 2 unspecified atom stereocenters. The van der Waals surface area contributed by atoms with E-state index in [9.17, 15) is 0 Å². The molecule has 112 valence electrons. The van der Waals surface area contributed by atoms with Crippen molar-refractivity contribution in [1.29, 1.82) is 0 Å². The van der Waals surface area contributed by atoms with Gasteiger partial charge in [0.05, 0.1) is 0 Å². The van der Waals surface area contributed by atoms with Gasteiger partial charge in [-0.15, -0.1) is 0 Å². The molecule has 0 heterocycles. The third-order valence-electron chi connectivity index (χ3n) is 3.48. The van der Waals surface area contributed by atoms with E-state index in [4.69, 9.17) is 0 Å². The number of hydrogen-bond acceptors (Lipinski definition) is 1. The molecular weight excluding hydrogens is 502 g/mol. The van der Waals surface area contributed by atoms with Crippen molar-refractivity contribution < 1.29 is 0 Å². The SMILES string of the molecule is CC(I)c1ccccc1CSCc1ccccc1C(C)I. The normalized spacial score (nSPS) is 13.9. The van der Waals surface area contributed by atoms with Crippen LogP contribution in [0.3, 0.4) is 0 Å². The smallest absolute Gasteiger partial charge is 0.0334 e. The van der Waals surface area contributed by atoms with Crippen LogP contribution in [0.25, 0.3) is 0 Å². The molecule has 0 aliphatic heterocycles. The van der Waals surface area contributed by atoms with Gasteiger partial charge in [-0.25, -0.2) is 0 Å². The van der Waals surface area contributed by atoms with Crippen molar-refractivity contribution >= 4 is 56.9 Å². The quantitative estimate of drug-likeness (QED) is 0.288. The zero-order chi connectivity index (χ0) is 15.2. The summed E-state index contributed by atoms with van der Waals surface area (Å²) < 4.78 is 1.14. The number of benzene rings is 2. The monoisotopic (exact) mass is 522 g/mol. The highest BCUT2D eigenvalue weighted by atomic mass is 127. The summed E-state index contributed by atoms with van der Waals surface area (Å²) >= 11 is 7.02. The fourth-order valence-corrected chi connectivity index (χ4v) is 4.66. The number of alkyl halides is 2. The molecule has 0 amide bonds. The van der Waals surface area contributed by atoms with Gasteiger partial charge < -0.3 is 0 Å². The average Bonchev–Trinajstić information content (AvgIpc) is 2.48. The topological polar surface area (TPSA) is 0 Å². The van der Waals surface area contributed by atoms with Crippen molar-refractivity contribution in [2.45, 2.75) is 33.2 Å². The molecule has 2 aromatic rings. The van der Waals surface area contributed by atoms with Crippen molar-refractivity contribution in [2.24, 2.45) is 0 Å². The van der Waals surface area contributed by atoms with E-state index in [1.165, 1.54) is 22.3 Å². The standard InChI is InChI=1S/C18H20I2S/c1-13(19)17-9-5-3-7-15(17)11-21-12-16-8-4-6-10-18(16)14(2)20/h3-10,13-14H,11-12H2,1-2H3. The van der Waals surface area contributed by atoms with Gasteiger partial charge in [0.15, 0.2) is 0 Å². The Balaban J connectivity index is 2.03. The van der Waals surface area contributed by atoms with Crippen LogP contribution in [-0.2, 0) is 11.5 Å². The van der Waals surface area contributed by atoms with Crippen LogP contribution < -0.4 is 0 Å². The van der Waals surface area contributed by atoms with Crippen LogP contribution in [0.5, 0.6) is 0 Å². The van der Waals surface area contributed by atoms with E-state index in [1.54, 1.807) is 0 Å². The van der Waals surface area contributed by atoms with Gasteiger partial charge in [-0.05, 0) is 36.1 Å². The lowest BCUT2D eigenvalue weighted by Gasteiger charge is -2.13. The van der Waals surface area contributed by atoms with Crippen molar-refractivity contribution in [3.63, 3.8) is 0 Å². The van der Waals surface area contributed by atoms with Crippen molar-refractivity contribution in [3.8, 4) is 0 Å². The minimum Gasteiger partial charge on any atom is -0.152 e. The van der Waals surface area contributed by atoms with Crippen molar-refractivity contribution in [3.05, 3.63) is 70.8 Å². The van der Waals surface area contributed by atoms with Gasteiger partial charge in [-0.3, -0.25) is 0 Å². The zero-order valence-electron chi connectivity index (χ0n) is 12.4. The molecule has 2 rings (SSSR count). The van der Waals surface area contributed by atoms with E-state index >= 15 is 0 Å². The highest BCUT2D eigenvalue weighted by Gasteiger charge is 2.09. The van der Waals surface area contributed by atoms with E-state index in [0.29, 0.717) is 7.85 Å². The van der Waals surface area contributed by atoms with Gasteiger partial charge >= 0.3 is 0 Å². The fraction of sp³-hybridized carbons (Fsp3) is 0.333. The van der Waals surface area contributed by atoms with E-state index in [0.717, 1.165) is 11.5 Å². The summed E-state index contributed by atoms with van der Waals surface area (Å²) in [6.45, 7) is 4.52. The summed E-state index contributed by atoms with van der Waals surface area (Å²) in [7, 11) is 0. The first-order valence-electron chi connectivity index (χ1n) is 7.11. The zero-order valence-corrected chi connectivity index (χ0v) is 17.5.